The molecule has 1 N–H and O–H groups in total. The predicted molar refractivity (Wildman–Crippen MR) is 75.5 cm³/mol. The van der Waals surface area contributed by atoms with Gasteiger partial charge in [-0.3, -0.25) is 0 Å². The zero-order valence-corrected chi connectivity index (χ0v) is 13.1. The maximum absolute atomic E-state index is 11.5. The average Bonchev–Trinajstić information content (AvgIpc) is 2.31. The summed E-state index contributed by atoms with van der Waals surface area (Å²) >= 11 is 10.8. The summed E-state index contributed by atoms with van der Waals surface area (Å²) in [6.45, 7) is 6.17. The van der Waals surface area contributed by atoms with Crippen molar-refractivity contribution in [1.29, 1.82) is 0 Å². The highest BCUT2D eigenvalue weighted by Crippen LogP contribution is 2.25. The summed E-state index contributed by atoms with van der Waals surface area (Å²) in [6, 6.07) is 0. The van der Waals surface area contributed by atoms with Crippen LogP contribution in [0.15, 0.2) is 0 Å². The smallest absolute Gasteiger partial charge is 0.354 e. The van der Waals surface area contributed by atoms with E-state index >= 15 is 0 Å². The number of rotatable bonds is 9. The Morgan fingerprint density at radius 2 is 1.74 bits per heavy atom. The summed E-state index contributed by atoms with van der Waals surface area (Å²) in [5, 5.41) is 8.71. The molecule has 19 heavy (non-hydrogen) atoms. The lowest BCUT2D eigenvalue weighted by atomic mass is 10.0. The lowest BCUT2D eigenvalue weighted by molar-refractivity contribution is -0.156. The van der Waals surface area contributed by atoms with Crippen molar-refractivity contribution in [1.82, 2.24) is 0 Å². The van der Waals surface area contributed by atoms with Gasteiger partial charge in [0.2, 0.25) is 0 Å². The third-order valence-corrected chi connectivity index (χ3v) is 3.44. The van der Waals surface area contributed by atoms with Crippen molar-refractivity contribution in [2.45, 2.75) is 63.3 Å². The Morgan fingerprint density at radius 3 is 2.16 bits per heavy atom. The summed E-state index contributed by atoms with van der Waals surface area (Å²) in [7, 11) is 0. The van der Waals surface area contributed by atoms with Gasteiger partial charge in [-0.05, 0) is 25.2 Å². The lowest BCUT2D eigenvalue weighted by Gasteiger charge is -2.20. The summed E-state index contributed by atoms with van der Waals surface area (Å²) in [4.78, 5) is 22.3. The van der Waals surface area contributed by atoms with Crippen molar-refractivity contribution < 1.29 is 19.4 Å². The van der Waals surface area contributed by atoms with E-state index in [9.17, 15) is 9.59 Å². The number of aliphatic carboxylic acids is 1. The average molecular weight is 313 g/mol. The van der Waals surface area contributed by atoms with Crippen LogP contribution in [0.25, 0.3) is 0 Å². The first-order valence-corrected chi connectivity index (χ1v) is 7.29. The molecule has 0 amide bonds. The zero-order valence-electron chi connectivity index (χ0n) is 11.6. The third-order valence-electron chi connectivity index (χ3n) is 2.81. The first-order valence-electron chi connectivity index (χ1n) is 6.54. The fourth-order valence-corrected chi connectivity index (χ4v) is 1.67. The van der Waals surface area contributed by atoms with Crippen LogP contribution < -0.4 is 0 Å². The number of carbonyl (C=O) groups excluding carboxylic acids is 1. The summed E-state index contributed by atoms with van der Waals surface area (Å²) in [5.74, 6) is -2.08. The predicted octanol–water partition coefficient (Wildman–Crippen LogP) is 3.78. The molecule has 0 rings (SSSR count). The van der Waals surface area contributed by atoms with Gasteiger partial charge in [-0.25, -0.2) is 9.59 Å². The lowest BCUT2D eigenvalue weighted by Crippen LogP contribution is -2.39. The van der Waals surface area contributed by atoms with E-state index in [2.05, 4.69) is 13.8 Å². The SMILES string of the molecule is CCC(CCCCC(C)C)OC(=O)C(Cl)(Cl)C(=O)O. The zero-order chi connectivity index (χ0) is 15.1. The van der Waals surface area contributed by atoms with Gasteiger partial charge in [-0.15, -0.1) is 0 Å². The largest absolute Gasteiger partial charge is 0.479 e. The second-order valence-electron chi connectivity index (χ2n) is 4.99. The molecule has 4 nitrogen and oxygen atoms in total. The molecule has 1 unspecified atom stereocenters. The molecule has 0 aliphatic carbocycles. The van der Waals surface area contributed by atoms with E-state index in [-0.39, 0.29) is 6.10 Å². The van der Waals surface area contributed by atoms with Crippen LogP contribution in [0.4, 0.5) is 0 Å². The van der Waals surface area contributed by atoms with Crippen molar-refractivity contribution >= 4 is 35.1 Å². The van der Waals surface area contributed by atoms with Crippen LogP contribution in [0.2, 0.25) is 0 Å². The number of halogens is 2. The molecule has 112 valence electrons. The standard InChI is InChI=1S/C13H22Cl2O4/c1-4-10(8-6-5-7-9(2)3)19-12(18)13(14,15)11(16)17/h9-10H,4-8H2,1-3H3,(H,16,17). The summed E-state index contributed by atoms with van der Waals surface area (Å²) < 4.78 is 2.53. The van der Waals surface area contributed by atoms with Crippen LogP contribution in [-0.2, 0) is 14.3 Å². The van der Waals surface area contributed by atoms with Gasteiger partial charge in [-0.2, -0.15) is 0 Å². The van der Waals surface area contributed by atoms with Crippen LogP contribution in [0.5, 0.6) is 0 Å². The van der Waals surface area contributed by atoms with Crippen LogP contribution in [0, 0.1) is 5.92 Å². The number of hydrogen-bond acceptors (Lipinski definition) is 3. The number of carbonyl (C=O) groups is 2. The first-order chi connectivity index (χ1) is 8.71. The fraction of sp³-hybridized carbons (Fsp3) is 0.846. The quantitative estimate of drug-likeness (QED) is 0.304. The molecule has 0 aromatic rings. The Kier molecular flexibility index (Phi) is 8.42. The highest BCUT2D eigenvalue weighted by Gasteiger charge is 2.45. The molecular formula is C13H22Cl2O4. The van der Waals surface area contributed by atoms with Crippen LogP contribution in [0.3, 0.4) is 0 Å². The fourth-order valence-electron chi connectivity index (χ4n) is 1.58. The van der Waals surface area contributed by atoms with Gasteiger partial charge in [0.05, 0.1) is 0 Å². The van der Waals surface area contributed by atoms with E-state index in [0.717, 1.165) is 19.3 Å². The van der Waals surface area contributed by atoms with Crippen molar-refractivity contribution in [3.05, 3.63) is 0 Å². The molecule has 0 bridgehead atoms. The Hall–Kier alpha value is -0.480. The maximum Gasteiger partial charge on any atom is 0.354 e. The normalized spacial score (nSPS) is 13.4. The molecule has 0 radical (unpaired) electrons. The topological polar surface area (TPSA) is 63.6 Å². The second kappa shape index (κ2) is 8.64. The van der Waals surface area contributed by atoms with Crippen molar-refractivity contribution in [3.63, 3.8) is 0 Å². The maximum atomic E-state index is 11.5. The van der Waals surface area contributed by atoms with Gasteiger partial charge in [0.15, 0.2) is 0 Å². The number of esters is 1. The third kappa shape index (κ3) is 7.02. The molecule has 6 heteroatoms. The second-order valence-corrected chi connectivity index (χ2v) is 6.32. The minimum Gasteiger partial charge on any atom is -0.479 e. The highest BCUT2D eigenvalue weighted by molar-refractivity contribution is 6.66. The van der Waals surface area contributed by atoms with E-state index in [1.807, 2.05) is 6.92 Å². The van der Waals surface area contributed by atoms with Gasteiger partial charge >= 0.3 is 16.3 Å². The van der Waals surface area contributed by atoms with E-state index in [1.54, 1.807) is 0 Å². The molecule has 0 aromatic carbocycles. The summed E-state index contributed by atoms with van der Waals surface area (Å²) in [6.07, 6.45) is 4.06. The van der Waals surface area contributed by atoms with Gasteiger partial charge in [-0.1, -0.05) is 56.8 Å². The van der Waals surface area contributed by atoms with Gasteiger partial charge < -0.3 is 9.84 Å². The highest BCUT2D eigenvalue weighted by atomic mass is 35.5. The molecule has 0 aliphatic heterocycles. The van der Waals surface area contributed by atoms with E-state index in [1.165, 1.54) is 0 Å². The van der Waals surface area contributed by atoms with Crippen LogP contribution >= 0.6 is 23.2 Å². The van der Waals surface area contributed by atoms with E-state index in [4.69, 9.17) is 33.0 Å². The molecule has 0 saturated carbocycles. The van der Waals surface area contributed by atoms with Crippen molar-refractivity contribution in [3.8, 4) is 0 Å². The Balaban J connectivity index is 4.19. The minimum atomic E-state index is -2.52. The molecule has 1 atom stereocenters. The number of hydrogen-bond donors (Lipinski definition) is 1. The van der Waals surface area contributed by atoms with Crippen LogP contribution in [0.1, 0.15) is 52.9 Å². The number of unbranched alkanes of at least 4 members (excludes halogenated alkanes) is 1. The number of alkyl halides is 2. The molecule has 0 fully saturated rings. The first kappa shape index (κ1) is 18.5. The van der Waals surface area contributed by atoms with Crippen molar-refractivity contribution in [2.75, 3.05) is 0 Å². The Labute approximate surface area is 124 Å². The van der Waals surface area contributed by atoms with Gasteiger partial charge in [0.25, 0.3) is 0 Å². The summed E-state index contributed by atoms with van der Waals surface area (Å²) in [5.41, 5.74) is 0. The molecule has 0 heterocycles. The van der Waals surface area contributed by atoms with Gasteiger partial charge in [0.1, 0.15) is 6.10 Å². The number of carboxylic acid groups (broad SMARTS) is 1. The Bertz CT molecular complexity index is 303. The molecular weight excluding hydrogens is 291 g/mol. The number of ether oxygens (including phenoxy) is 1. The number of carboxylic acids is 1. The molecule has 0 spiro atoms. The van der Waals surface area contributed by atoms with Crippen LogP contribution in [-0.4, -0.2) is 27.5 Å². The minimum absolute atomic E-state index is 0.337. The van der Waals surface area contributed by atoms with Crippen molar-refractivity contribution in [2.24, 2.45) is 5.92 Å². The van der Waals surface area contributed by atoms with E-state index in [0.29, 0.717) is 18.8 Å². The molecule has 0 aliphatic rings. The van der Waals surface area contributed by atoms with Gasteiger partial charge in [0, 0.05) is 0 Å². The molecule has 0 saturated heterocycles. The monoisotopic (exact) mass is 312 g/mol. The Morgan fingerprint density at radius 1 is 1.21 bits per heavy atom. The molecule has 0 aromatic heterocycles. The van der Waals surface area contributed by atoms with E-state index < -0.39 is 16.3 Å².